The van der Waals surface area contributed by atoms with Crippen molar-refractivity contribution in [2.75, 3.05) is 11.9 Å². The molecule has 162 valence electrons. The summed E-state index contributed by atoms with van der Waals surface area (Å²) in [6, 6.07) is 12.8. The molecule has 0 spiro atoms. The second-order valence-electron chi connectivity index (χ2n) is 8.42. The van der Waals surface area contributed by atoms with Crippen molar-refractivity contribution in [2.24, 2.45) is 4.99 Å². The number of halogens is 2. The van der Waals surface area contributed by atoms with E-state index in [1.165, 1.54) is 6.07 Å². The summed E-state index contributed by atoms with van der Waals surface area (Å²) in [5, 5.41) is 5.07. The fraction of sp³-hybridized carbons (Fsp3) is 0.304. The van der Waals surface area contributed by atoms with E-state index in [0.29, 0.717) is 34.7 Å². The van der Waals surface area contributed by atoms with Crippen molar-refractivity contribution in [3.63, 3.8) is 0 Å². The molecule has 0 saturated heterocycles. The van der Waals surface area contributed by atoms with Gasteiger partial charge in [-0.05, 0) is 37.0 Å². The number of hydrogen-bond acceptors (Lipinski definition) is 5. The van der Waals surface area contributed by atoms with E-state index in [-0.39, 0.29) is 18.0 Å². The van der Waals surface area contributed by atoms with E-state index in [1.807, 2.05) is 24.3 Å². The van der Waals surface area contributed by atoms with Crippen LogP contribution in [-0.2, 0) is 6.54 Å². The Labute approximate surface area is 189 Å². The van der Waals surface area contributed by atoms with Crippen LogP contribution in [0, 0.1) is 5.95 Å². The van der Waals surface area contributed by atoms with Crippen LogP contribution in [0.15, 0.2) is 47.5 Å². The van der Waals surface area contributed by atoms with Crippen molar-refractivity contribution in [3.8, 4) is 11.3 Å². The van der Waals surface area contributed by atoms with Crippen LogP contribution in [0.25, 0.3) is 11.3 Å². The monoisotopic (exact) mass is 450 g/mol. The predicted molar refractivity (Wildman–Crippen MR) is 119 cm³/mol. The summed E-state index contributed by atoms with van der Waals surface area (Å²) in [6.07, 6.45) is 3.18. The first-order chi connectivity index (χ1) is 15.5. The summed E-state index contributed by atoms with van der Waals surface area (Å²) in [7, 11) is 1.74. The molecule has 7 nitrogen and oxygen atoms in total. The number of carbonyl (C=O) groups is 1. The molecule has 0 N–H and O–H groups in total. The van der Waals surface area contributed by atoms with Crippen LogP contribution >= 0.6 is 11.6 Å². The van der Waals surface area contributed by atoms with E-state index in [9.17, 15) is 9.18 Å². The van der Waals surface area contributed by atoms with Crippen LogP contribution in [0.3, 0.4) is 0 Å². The second kappa shape index (κ2) is 7.13. The van der Waals surface area contributed by atoms with Gasteiger partial charge >= 0.3 is 0 Å². The number of amides is 1. The summed E-state index contributed by atoms with van der Waals surface area (Å²) in [5.74, 6) is 0.584. The Kier molecular flexibility index (Phi) is 4.33. The first-order valence-electron chi connectivity index (χ1n) is 10.6. The zero-order valence-electron chi connectivity index (χ0n) is 17.4. The van der Waals surface area contributed by atoms with Gasteiger partial charge in [-0.3, -0.25) is 14.6 Å². The van der Waals surface area contributed by atoms with Crippen LogP contribution in [0.5, 0.6) is 0 Å². The lowest BCUT2D eigenvalue weighted by atomic mass is 10.1. The number of aromatic nitrogens is 3. The van der Waals surface area contributed by atoms with Gasteiger partial charge in [0.25, 0.3) is 5.91 Å². The van der Waals surface area contributed by atoms with Crippen LogP contribution < -0.4 is 4.90 Å². The normalized spacial score (nSPS) is 21.5. The Hall–Kier alpha value is -3.26. The number of fused-ring (bicyclic) bond motifs is 5. The number of pyridine rings is 1. The van der Waals surface area contributed by atoms with E-state index >= 15 is 0 Å². The Bertz CT molecular complexity index is 1270. The summed E-state index contributed by atoms with van der Waals surface area (Å²) in [5.41, 5.74) is 2.79. The highest BCUT2D eigenvalue weighted by atomic mass is 35.5. The first kappa shape index (κ1) is 19.4. The molecule has 1 aliphatic carbocycles. The van der Waals surface area contributed by atoms with Gasteiger partial charge in [0.1, 0.15) is 10.7 Å². The minimum atomic E-state index is -0.510. The van der Waals surface area contributed by atoms with E-state index in [2.05, 4.69) is 9.88 Å². The summed E-state index contributed by atoms with van der Waals surface area (Å²) >= 11 is 6.67. The Morgan fingerprint density at radius 2 is 1.97 bits per heavy atom. The Balaban J connectivity index is 1.33. The maximum absolute atomic E-state index is 13.4. The lowest BCUT2D eigenvalue weighted by Crippen LogP contribution is -2.51. The molecule has 1 aromatic carbocycles. The van der Waals surface area contributed by atoms with Crippen molar-refractivity contribution in [2.45, 2.75) is 37.9 Å². The fourth-order valence-corrected chi connectivity index (χ4v) is 5.16. The molecule has 0 radical (unpaired) electrons. The summed E-state index contributed by atoms with van der Waals surface area (Å²) in [4.78, 5) is 25.4. The van der Waals surface area contributed by atoms with E-state index in [1.54, 1.807) is 28.8 Å². The molecule has 2 unspecified atom stereocenters. The molecule has 1 saturated carbocycles. The van der Waals surface area contributed by atoms with Crippen molar-refractivity contribution in [3.05, 3.63) is 64.7 Å². The Morgan fingerprint density at radius 3 is 2.75 bits per heavy atom. The third-order valence-corrected chi connectivity index (χ3v) is 6.87. The number of nitrogens with zero attached hydrogens (tertiary/aromatic N) is 6. The van der Waals surface area contributed by atoms with Gasteiger partial charge in [0.15, 0.2) is 5.82 Å². The molecule has 6 rings (SSSR count). The third kappa shape index (κ3) is 2.86. The van der Waals surface area contributed by atoms with Gasteiger partial charge < -0.3 is 0 Å². The molecule has 2 aromatic heterocycles. The van der Waals surface area contributed by atoms with Gasteiger partial charge in [-0.25, -0.2) is 14.7 Å². The number of guanidine groups is 1. The zero-order chi connectivity index (χ0) is 22.0. The van der Waals surface area contributed by atoms with Crippen LogP contribution in [0.4, 0.5) is 10.2 Å². The van der Waals surface area contributed by atoms with E-state index < -0.39 is 5.95 Å². The maximum Gasteiger partial charge on any atom is 0.267 e. The molecule has 4 heterocycles. The van der Waals surface area contributed by atoms with Crippen LogP contribution in [0.1, 0.15) is 35.2 Å². The summed E-state index contributed by atoms with van der Waals surface area (Å²) in [6.45, 7) is 0.411. The maximum atomic E-state index is 13.4. The molecule has 1 fully saturated rings. The molecular formula is C23H20ClFN6O. The molecule has 2 aliphatic heterocycles. The lowest BCUT2D eigenvalue weighted by molar-refractivity contribution is 0.0865. The van der Waals surface area contributed by atoms with Gasteiger partial charge in [0.05, 0.1) is 24.3 Å². The third-order valence-electron chi connectivity index (χ3n) is 6.49. The molecule has 2 atom stereocenters. The van der Waals surface area contributed by atoms with Gasteiger partial charge in [-0.1, -0.05) is 41.9 Å². The van der Waals surface area contributed by atoms with Gasteiger partial charge in [0, 0.05) is 12.6 Å². The van der Waals surface area contributed by atoms with Crippen LogP contribution in [-0.4, -0.2) is 50.7 Å². The highest BCUT2D eigenvalue weighted by molar-refractivity contribution is 6.35. The Morgan fingerprint density at radius 1 is 1.16 bits per heavy atom. The zero-order valence-corrected chi connectivity index (χ0v) is 18.1. The minimum Gasteiger partial charge on any atom is -0.289 e. The number of anilines is 1. The second-order valence-corrected chi connectivity index (χ2v) is 8.78. The van der Waals surface area contributed by atoms with Crippen molar-refractivity contribution in [1.29, 1.82) is 0 Å². The molecule has 9 heteroatoms. The van der Waals surface area contributed by atoms with E-state index in [0.717, 1.165) is 30.4 Å². The van der Waals surface area contributed by atoms with Crippen molar-refractivity contribution < 1.29 is 9.18 Å². The highest BCUT2D eigenvalue weighted by Gasteiger charge is 2.49. The van der Waals surface area contributed by atoms with Crippen LogP contribution in [0.2, 0.25) is 5.15 Å². The van der Waals surface area contributed by atoms with E-state index in [4.69, 9.17) is 21.7 Å². The molecule has 3 aromatic rings. The van der Waals surface area contributed by atoms with Crippen molar-refractivity contribution in [1.82, 2.24) is 19.7 Å². The fourth-order valence-electron chi connectivity index (χ4n) is 4.90. The molecule has 3 aliphatic rings. The number of aliphatic imine (C=N–C) groups is 1. The number of rotatable bonds is 3. The number of carbonyl (C=O) groups excluding carboxylic acids is 1. The molecule has 0 bridgehead atoms. The van der Waals surface area contributed by atoms with Crippen molar-refractivity contribution >= 4 is 29.3 Å². The molecule has 1 amide bonds. The quantitative estimate of drug-likeness (QED) is 0.566. The minimum absolute atomic E-state index is 0.182. The highest BCUT2D eigenvalue weighted by Crippen LogP contribution is 2.42. The summed E-state index contributed by atoms with van der Waals surface area (Å²) < 4.78 is 15.1. The molecule has 32 heavy (non-hydrogen) atoms. The lowest BCUT2D eigenvalue weighted by Gasteiger charge is -2.33. The predicted octanol–water partition coefficient (Wildman–Crippen LogP) is 3.97. The standard InChI is InChI=1S/C23H20ClFN6O/c1-29-22(32)19-20(24)30(28-21(19)31-17-6-2-5-16(17)27-23(29)31)12-13-8-10-14(11-9-13)15-4-3-7-18(25)26-15/h3-4,7-11,16-17H,2,5-6,12H2,1H3. The smallest absolute Gasteiger partial charge is 0.267 e. The number of benzene rings is 1. The largest absolute Gasteiger partial charge is 0.289 e. The molecular weight excluding hydrogens is 431 g/mol. The first-order valence-corrected chi connectivity index (χ1v) is 11.0. The SMILES string of the molecule is CN1C(=O)c2c(nn(Cc3ccc(-c4cccc(F)n4)cc3)c2Cl)N2C1=NC1CCCC12. The average Bonchev–Trinajstić information content (AvgIpc) is 3.46. The van der Waals surface area contributed by atoms with Gasteiger partial charge in [-0.15, -0.1) is 0 Å². The topological polar surface area (TPSA) is 66.6 Å². The van der Waals surface area contributed by atoms with Gasteiger partial charge in [0.2, 0.25) is 11.9 Å². The number of hydrogen-bond donors (Lipinski definition) is 0. The average molecular weight is 451 g/mol. The van der Waals surface area contributed by atoms with Gasteiger partial charge in [-0.2, -0.15) is 9.49 Å².